The van der Waals surface area contributed by atoms with E-state index in [0.717, 1.165) is 25.0 Å². The van der Waals surface area contributed by atoms with Gasteiger partial charge in [-0.15, -0.1) is 6.58 Å². The molecule has 2 N–H and O–H groups in total. The molecule has 1 atom stereocenters. The van der Waals surface area contributed by atoms with Crippen LogP contribution in [0.2, 0.25) is 0 Å². The number of guanidine groups is 1. The number of nitrogens with zero attached hydrogens (tertiary/aromatic N) is 2. The van der Waals surface area contributed by atoms with Crippen LogP contribution in [-0.2, 0) is 0 Å². The average molecular weight is 252 g/mol. The average Bonchev–Trinajstić information content (AvgIpc) is 2.39. The second-order valence-corrected chi connectivity index (χ2v) is 5.22. The summed E-state index contributed by atoms with van der Waals surface area (Å²) in [6, 6.07) is 0.658. The quantitative estimate of drug-likeness (QED) is 0.442. The number of piperidine rings is 1. The Kier molecular flexibility index (Phi) is 6.80. The van der Waals surface area contributed by atoms with Crippen LogP contribution in [0.3, 0.4) is 0 Å². The van der Waals surface area contributed by atoms with Crippen LogP contribution in [0.4, 0.5) is 0 Å². The summed E-state index contributed by atoms with van der Waals surface area (Å²) >= 11 is 0. The first-order valence-electron chi connectivity index (χ1n) is 6.96. The largest absolute Gasteiger partial charge is 0.356 e. The monoisotopic (exact) mass is 252 g/mol. The SMILES string of the molecule is C=CCNC(=NC)NCC1CCCN(C(C)C)C1. The molecule has 1 rings (SSSR count). The van der Waals surface area contributed by atoms with E-state index in [9.17, 15) is 0 Å². The number of hydrogen-bond donors (Lipinski definition) is 2. The lowest BCUT2D eigenvalue weighted by molar-refractivity contribution is 0.141. The van der Waals surface area contributed by atoms with Crippen molar-refractivity contribution in [2.45, 2.75) is 32.7 Å². The fourth-order valence-corrected chi connectivity index (χ4v) is 2.36. The van der Waals surface area contributed by atoms with Crippen molar-refractivity contribution in [2.75, 3.05) is 33.2 Å². The smallest absolute Gasteiger partial charge is 0.191 e. The van der Waals surface area contributed by atoms with Gasteiger partial charge in [0, 0.05) is 32.7 Å². The van der Waals surface area contributed by atoms with Gasteiger partial charge in [0.25, 0.3) is 0 Å². The number of aliphatic imine (C=N–C) groups is 1. The van der Waals surface area contributed by atoms with Gasteiger partial charge in [0.15, 0.2) is 5.96 Å². The van der Waals surface area contributed by atoms with Crippen molar-refractivity contribution in [2.24, 2.45) is 10.9 Å². The minimum atomic E-state index is 0.658. The fourth-order valence-electron chi connectivity index (χ4n) is 2.36. The van der Waals surface area contributed by atoms with Crippen LogP contribution in [0.5, 0.6) is 0 Å². The molecule has 1 fully saturated rings. The Morgan fingerprint density at radius 3 is 2.89 bits per heavy atom. The van der Waals surface area contributed by atoms with Crippen molar-refractivity contribution in [3.63, 3.8) is 0 Å². The molecule has 1 unspecified atom stereocenters. The molecule has 0 aromatic heterocycles. The molecule has 1 saturated heterocycles. The predicted molar refractivity (Wildman–Crippen MR) is 79.0 cm³/mol. The molecule has 1 aliphatic rings. The molecule has 0 saturated carbocycles. The minimum absolute atomic E-state index is 0.658. The highest BCUT2D eigenvalue weighted by Gasteiger charge is 2.21. The predicted octanol–water partition coefficient (Wildman–Crippen LogP) is 1.46. The third kappa shape index (κ3) is 5.08. The Bertz CT molecular complexity index is 273. The summed E-state index contributed by atoms with van der Waals surface area (Å²) in [7, 11) is 1.81. The molecule has 0 aromatic rings. The van der Waals surface area contributed by atoms with Gasteiger partial charge in [0.1, 0.15) is 0 Å². The maximum absolute atomic E-state index is 4.20. The third-order valence-electron chi connectivity index (χ3n) is 3.48. The molecule has 0 aliphatic carbocycles. The van der Waals surface area contributed by atoms with Crippen LogP contribution in [-0.4, -0.2) is 50.1 Å². The fraction of sp³-hybridized carbons (Fsp3) is 0.786. The second kappa shape index (κ2) is 8.14. The Hall–Kier alpha value is -1.03. The van der Waals surface area contributed by atoms with Crippen LogP contribution in [0.25, 0.3) is 0 Å². The van der Waals surface area contributed by atoms with Crippen LogP contribution in [0, 0.1) is 5.92 Å². The first-order chi connectivity index (χ1) is 8.67. The van der Waals surface area contributed by atoms with Gasteiger partial charge in [-0.2, -0.15) is 0 Å². The standard InChI is InChI=1S/C14H28N4/c1-5-8-16-14(15-4)17-10-13-7-6-9-18(11-13)12(2)3/h5,12-13H,1,6-11H2,2-4H3,(H2,15,16,17). The number of rotatable bonds is 5. The van der Waals surface area contributed by atoms with Gasteiger partial charge in [0.05, 0.1) is 0 Å². The van der Waals surface area contributed by atoms with Gasteiger partial charge in [-0.25, -0.2) is 0 Å². The van der Waals surface area contributed by atoms with Gasteiger partial charge in [-0.05, 0) is 39.2 Å². The maximum atomic E-state index is 4.20. The third-order valence-corrected chi connectivity index (χ3v) is 3.48. The Morgan fingerprint density at radius 2 is 2.28 bits per heavy atom. The minimum Gasteiger partial charge on any atom is -0.356 e. The van der Waals surface area contributed by atoms with E-state index in [1.54, 1.807) is 7.05 Å². The van der Waals surface area contributed by atoms with E-state index in [1.165, 1.54) is 25.9 Å². The lowest BCUT2D eigenvalue weighted by Gasteiger charge is -2.35. The lowest BCUT2D eigenvalue weighted by Crippen LogP contribution is -2.46. The first-order valence-corrected chi connectivity index (χ1v) is 6.96. The normalized spacial score (nSPS) is 22.0. The van der Waals surface area contributed by atoms with Crippen LogP contribution in [0.1, 0.15) is 26.7 Å². The maximum Gasteiger partial charge on any atom is 0.191 e. The van der Waals surface area contributed by atoms with Gasteiger partial charge >= 0.3 is 0 Å². The van der Waals surface area contributed by atoms with E-state index in [1.807, 2.05) is 6.08 Å². The molecule has 18 heavy (non-hydrogen) atoms. The molecule has 0 amide bonds. The highest BCUT2D eigenvalue weighted by atomic mass is 15.2. The Labute approximate surface area is 112 Å². The van der Waals surface area contributed by atoms with E-state index in [4.69, 9.17) is 0 Å². The Morgan fingerprint density at radius 1 is 1.50 bits per heavy atom. The molecule has 0 radical (unpaired) electrons. The van der Waals surface area contributed by atoms with Crippen LogP contribution in [0.15, 0.2) is 17.6 Å². The molecule has 1 heterocycles. The molecule has 104 valence electrons. The summed E-state index contributed by atoms with van der Waals surface area (Å²) < 4.78 is 0. The zero-order chi connectivity index (χ0) is 13.4. The zero-order valence-electron chi connectivity index (χ0n) is 12.1. The van der Waals surface area contributed by atoms with E-state index >= 15 is 0 Å². The van der Waals surface area contributed by atoms with Crippen molar-refractivity contribution in [3.8, 4) is 0 Å². The number of hydrogen-bond acceptors (Lipinski definition) is 2. The van der Waals surface area contributed by atoms with Crippen molar-refractivity contribution in [3.05, 3.63) is 12.7 Å². The molecular formula is C14H28N4. The summed E-state index contributed by atoms with van der Waals surface area (Å²) in [6.45, 7) is 12.4. The van der Waals surface area contributed by atoms with Crippen LogP contribution < -0.4 is 10.6 Å². The van der Waals surface area contributed by atoms with E-state index < -0.39 is 0 Å². The summed E-state index contributed by atoms with van der Waals surface area (Å²) in [4.78, 5) is 6.76. The molecule has 1 aliphatic heterocycles. The zero-order valence-corrected chi connectivity index (χ0v) is 12.1. The second-order valence-electron chi connectivity index (χ2n) is 5.22. The topological polar surface area (TPSA) is 39.7 Å². The number of likely N-dealkylation sites (tertiary alicyclic amines) is 1. The van der Waals surface area contributed by atoms with Gasteiger partial charge < -0.3 is 15.5 Å². The van der Waals surface area contributed by atoms with E-state index in [2.05, 4.69) is 41.0 Å². The molecular weight excluding hydrogens is 224 g/mol. The molecule has 0 bridgehead atoms. The Balaban J connectivity index is 2.31. The van der Waals surface area contributed by atoms with Crippen LogP contribution >= 0.6 is 0 Å². The van der Waals surface area contributed by atoms with Crippen molar-refractivity contribution < 1.29 is 0 Å². The molecule has 0 aromatic carbocycles. The van der Waals surface area contributed by atoms with Crippen molar-refractivity contribution in [1.29, 1.82) is 0 Å². The summed E-state index contributed by atoms with van der Waals surface area (Å²) in [5.41, 5.74) is 0. The van der Waals surface area contributed by atoms with E-state index in [-0.39, 0.29) is 0 Å². The summed E-state index contributed by atoms with van der Waals surface area (Å²) in [6.07, 6.45) is 4.46. The number of nitrogens with one attached hydrogen (secondary N) is 2. The highest BCUT2D eigenvalue weighted by Crippen LogP contribution is 2.17. The van der Waals surface area contributed by atoms with E-state index in [0.29, 0.717) is 6.04 Å². The van der Waals surface area contributed by atoms with Crippen molar-refractivity contribution >= 4 is 5.96 Å². The van der Waals surface area contributed by atoms with Gasteiger partial charge in [-0.3, -0.25) is 4.99 Å². The molecule has 0 spiro atoms. The molecule has 4 nitrogen and oxygen atoms in total. The van der Waals surface area contributed by atoms with Gasteiger partial charge in [0.2, 0.25) is 0 Å². The lowest BCUT2D eigenvalue weighted by atomic mass is 9.97. The van der Waals surface area contributed by atoms with Crippen molar-refractivity contribution in [1.82, 2.24) is 15.5 Å². The molecule has 4 heteroatoms. The van der Waals surface area contributed by atoms with Gasteiger partial charge in [-0.1, -0.05) is 6.08 Å². The first kappa shape index (κ1) is 15.0. The highest BCUT2D eigenvalue weighted by molar-refractivity contribution is 5.79. The summed E-state index contributed by atoms with van der Waals surface area (Å²) in [5.74, 6) is 1.60. The summed E-state index contributed by atoms with van der Waals surface area (Å²) in [5, 5.41) is 6.60.